The maximum Gasteiger partial charge on any atom is 0.0816 e. The molecule has 0 saturated carbocycles. The quantitative estimate of drug-likeness (QED) is 0.621. The van der Waals surface area contributed by atoms with Crippen LogP contribution in [0, 0.1) is 5.92 Å². The normalized spacial score (nSPS) is 14.2. The van der Waals surface area contributed by atoms with Crippen LogP contribution in [0.3, 0.4) is 0 Å². The van der Waals surface area contributed by atoms with Crippen molar-refractivity contribution in [2.75, 3.05) is 6.54 Å². The van der Waals surface area contributed by atoms with Crippen molar-refractivity contribution in [2.45, 2.75) is 33.5 Å². The summed E-state index contributed by atoms with van der Waals surface area (Å²) in [5.74, 6) is 1.43. The topological polar surface area (TPSA) is 21.1 Å². The standard InChI is InChI=1S/C22H23ClN3/c1-16(2)12-25-14-20-21(15-25)24-26(13-17-6-4-3-5-7-17)22(20)18-8-10-19(23)11-9-18/h3-11H,12-15H2,1-2H3. The largest absolute Gasteiger partial charge is 0.292 e. The van der Waals surface area contributed by atoms with E-state index in [-0.39, 0.29) is 0 Å². The lowest BCUT2D eigenvalue weighted by atomic mass is 10.1. The number of aromatic nitrogens is 2. The Balaban J connectivity index is 1.72. The summed E-state index contributed by atoms with van der Waals surface area (Å²) in [6.45, 7) is 8.05. The molecular formula is C22H23ClN3. The molecule has 1 aliphatic heterocycles. The highest BCUT2D eigenvalue weighted by Gasteiger charge is 2.28. The van der Waals surface area contributed by atoms with Gasteiger partial charge in [-0.15, -0.1) is 0 Å². The number of rotatable bonds is 5. The number of hydrogen-bond acceptors (Lipinski definition) is 2. The summed E-state index contributed by atoms with van der Waals surface area (Å²) in [5, 5.41) is 5.74. The first-order valence-electron chi connectivity index (χ1n) is 9.00. The van der Waals surface area contributed by atoms with Crippen molar-refractivity contribution in [2.24, 2.45) is 0 Å². The maximum atomic E-state index is 6.11. The van der Waals surface area contributed by atoms with Crippen molar-refractivity contribution >= 4 is 11.6 Å². The van der Waals surface area contributed by atoms with Gasteiger partial charge in [0.25, 0.3) is 0 Å². The zero-order valence-corrected chi connectivity index (χ0v) is 16.0. The molecule has 1 aliphatic rings. The lowest BCUT2D eigenvalue weighted by molar-refractivity contribution is 0.291. The molecule has 0 aliphatic carbocycles. The molecule has 0 unspecified atom stereocenters. The molecule has 4 rings (SSSR count). The van der Waals surface area contributed by atoms with Gasteiger partial charge in [0.2, 0.25) is 0 Å². The zero-order chi connectivity index (χ0) is 18.1. The van der Waals surface area contributed by atoms with Gasteiger partial charge in [-0.1, -0.05) is 67.9 Å². The van der Waals surface area contributed by atoms with Gasteiger partial charge < -0.3 is 0 Å². The van der Waals surface area contributed by atoms with Crippen LogP contribution in [-0.2, 0) is 19.6 Å². The minimum atomic E-state index is 0.761. The molecule has 2 aromatic carbocycles. The van der Waals surface area contributed by atoms with Crippen LogP contribution in [0.1, 0.15) is 30.7 Å². The molecule has 4 heteroatoms. The zero-order valence-electron chi connectivity index (χ0n) is 15.2. The lowest BCUT2D eigenvalue weighted by Crippen LogP contribution is -2.22. The first kappa shape index (κ1) is 17.3. The summed E-state index contributed by atoms with van der Waals surface area (Å²) in [4.78, 5) is 2.46. The first-order chi connectivity index (χ1) is 12.6. The van der Waals surface area contributed by atoms with E-state index in [4.69, 9.17) is 16.7 Å². The minimum Gasteiger partial charge on any atom is -0.292 e. The number of hydrogen-bond donors (Lipinski definition) is 0. The summed E-state index contributed by atoms with van der Waals surface area (Å²) < 4.78 is 2.16. The fourth-order valence-corrected chi connectivity index (χ4v) is 3.82. The minimum absolute atomic E-state index is 0.761. The smallest absolute Gasteiger partial charge is 0.0816 e. The Morgan fingerprint density at radius 1 is 1.00 bits per heavy atom. The molecule has 0 saturated heterocycles. The Hall–Kier alpha value is -2.10. The van der Waals surface area contributed by atoms with Crippen LogP contribution < -0.4 is 0 Å². The molecule has 26 heavy (non-hydrogen) atoms. The van der Waals surface area contributed by atoms with Gasteiger partial charge in [0, 0.05) is 35.8 Å². The third kappa shape index (κ3) is 3.55. The van der Waals surface area contributed by atoms with E-state index in [0.29, 0.717) is 0 Å². The molecule has 133 valence electrons. The Morgan fingerprint density at radius 2 is 1.73 bits per heavy atom. The van der Waals surface area contributed by atoms with Crippen LogP contribution >= 0.6 is 11.6 Å². The van der Waals surface area contributed by atoms with Crippen molar-refractivity contribution in [3.05, 3.63) is 82.4 Å². The van der Waals surface area contributed by atoms with Crippen LogP contribution in [-0.4, -0.2) is 21.2 Å². The first-order valence-corrected chi connectivity index (χ1v) is 9.38. The molecule has 0 spiro atoms. The highest BCUT2D eigenvalue weighted by molar-refractivity contribution is 6.30. The highest BCUT2D eigenvalue weighted by Crippen LogP contribution is 2.34. The monoisotopic (exact) mass is 364 g/mol. The van der Waals surface area contributed by atoms with E-state index in [2.05, 4.69) is 59.8 Å². The predicted octanol–water partition coefficient (Wildman–Crippen LogP) is 5.18. The van der Waals surface area contributed by atoms with E-state index in [1.54, 1.807) is 0 Å². The van der Waals surface area contributed by atoms with Crippen LogP contribution in [0.2, 0.25) is 5.02 Å². The Morgan fingerprint density at radius 3 is 2.42 bits per heavy atom. The van der Waals surface area contributed by atoms with E-state index in [1.165, 1.54) is 34.0 Å². The second kappa shape index (κ2) is 7.26. The SMILES string of the molecule is C[C](C)CN1Cc2nn(Cc3ccccc3)c(-c3ccc(Cl)cc3)c2C1. The van der Waals surface area contributed by atoms with Gasteiger partial charge >= 0.3 is 0 Å². The molecule has 3 aromatic rings. The fourth-order valence-electron chi connectivity index (χ4n) is 3.69. The van der Waals surface area contributed by atoms with Crippen molar-refractivity contribution in [1.29, 1.82) is 0 Å². The summed E-state index contributed by atoms with van der Waals surface area (Å²) in [5.41, 5.74) is 6.21. The second-order valence-corrected chi connectivity index (χ2v) is 7.71. The second-order valence-electron chi connectivity index (χ2n) is 7.28. The third-order valence-electron chi connectivity index (χ3n) is 4.72. The van der Waals surface area contributed by atoms with Crippen LogP contribution in [0.5, 0.6) is 0 Å². The lowest BCUT2D eigenvalue weighted by Gasteiger charge is -2.18. The van der Waals surface area contributed by atoms with Crippen LogP contribution in [0.4, 0.5) is 0 Å². The molecule has 1 aromatic heterocycles. The van der Waals surface area contributed by atoms with E-state index < -0.39 is 0 Å². The van der Waals surface area contributed by atoms with Gasteiger partial charge in [-0.05, 0) is 23.6 Å². The Labute approximate surface area is 160 Å². The summed E-state index contributed by atoms with van der Waals surface area (Å²) in [6, 6.07) is 18.6. The molecule has 2 heterocycles. The number of fused-ring (bicyclic) bond motifs is 1. The van der Waals surface area contributed by atoms with E-state index in [9.17, 15) is 0 Å². The Kier molecular flexibility index (Phi) is 4.84. The molecule has 0 atom stereocenters. The summed E-state index contributed by atoms with van der Waals surface area (Å²) >= 11 is 6.11. The molecule has 1 radical (unpaired) electrons. The van der Waals surface area contributed by atoms with Gasteiger partial charge in [-0.3, -0.25) is 9.58 Å². The molecule has 0 bridgehead atoms. The maximum absolute atomic E-state index is 6.11. The van der Waals surface area contributed by atoms with Crippen molar-refractivity contribution in [3.8, 4) is 11.3 Å². The van der Waals surface area contributed by atoms with Crippen molar-refractivity contribution in [1.82, 2.24) is 14.7 Å². The van der Waals surface area contributed by atoms with Gasteiger partial charge in [0.1, 0.15) is 0 Å². The van der Waals surface area contributed by atoms with Crippen molar-refractivity contribution < 1.29 is 0 Å². The van der Waals surface area contributed by atoms with Crippen LogP contribution in [0.15, 0.2) is 54.6 Å². The molecule has 3 nitrogen and oxygen atoms in total. The third-order valence-corrected chi connectivity index (χ3v) is 4.97. The average Bonchev–Trinajstić information content (AvgIpc) is 3.13. The number of halogens is 1. The van der Waals surface area contributed by atoms with E-state index >= 15 is 0 Å². The van der Waals surface area contributed by atoms with Gasteiger partial charge in [0.15, 0.2) is 0 Å². The van der Waals surface area contributed by atoms with Gasteiger partial charge in [0.05, 0.1) is 17.9 Å². The molecule has 0 amide bonds. The number of nitrogens with zero attached hydrogens (tertiary/aromatic N) is 3. The molecular weight excluding hydrogens is 342 g/mol. The number of benzene rings is 2. The summed E-state index contributed by atoms with van der Waals surface area (Å²) in [6.07, 6.45) is 0. The van der Waals surface area contributed by atoms with Gasteiger partial charge in [-0.25, -0.2) is 0 Å². The fraction of sp³-hybridized carbons (Fsp3) is 0.273. The summed E-state index contributed by atoms with van der Waals surface area (Å²) in [7, 11) is 0. The van der Waals surface area contributed by atoms with E-state index in [0.717, 1.165) is 31.2 Å². The van der Waals surface area contributed by atoms with Crippen molar-refractivity contribution in [3.63, 3.8) is 0 Å². The molecule has 0 N–H and O–H groups in total. The Bertz CT molecular complexity index is 882. The predicted molar refractivity (Wildman–Crippen MR) is 107 cm³/mol. The van der Waals surface area contributed by atoms with Crippen LogP contribution in [0.25, 0.3) is 11.3 Å². The average molecular weight is 365 g/mol. The highest BCUT2D eigenvalue weighted by atomic mass is 35.5. The van der Waals surface area contributed by atoms with Gasteiger partial charge in [-0.2, -0.15) is 5.10 Å². The van der Waals surface area contributed by atoms with E-state index in [1.807, 2.05) is 18.2 Å². The molecule has 0 fully saturated rings.